The third kappa shape index (κ3) is 6.97. The Labute approximate surface area is 263 Å². The van der Waals surface area contributed by atoms with Crippen LogP contribution in [0.15, 0.2) is 4.52 Å². The van der Waals surface area contributed by atoms with Gasteiger partial charge in [-0.1, -0.05) is 24.9 Å². The molecule has 5 heterocycles. The summed E-state index contributed by atoms with van der Waals surface area (Å²) in [6, 6.07) is 0. The second kappa shape index (κ2) is 13.1. The molecule has 45 heavy (non-hydrogen) atoms. The molecule has 2 atom stereocenters. The van der Waals surface area contributed by atoms with Gasteiger partial charge in [-0.2, -0.15) is 13.2 Å². The van der Waals surface area contributed by atoms with Crippen LogP contribution in [0.4, 0.5) is 18.0 Å². The molecular weight excluding hydrogens is 591 g/mol. The minimum Gasteiger partial charge on any atom is -0.442 e. The first-order valence-electron chi connectivity index (χ1n) is 16.6. The number of aryl methyl sites for hydroxylation is 1. The first-order valence-corrected chi connectivity index (χ1v) is 16.6. The van der Waals surface area contributed by atoms with Crippen molar-refractivity contribution >= 4 is 17.9 Å². The van der Waals surface area contributed by atoms with Crippen molar-refractivity contribution < 1.29 is 36.8 Å². The molecule has 0 aliphatic carbocycles. The third-order valence-electron chi connectivity index (χ3n) is 10.9. The highest BCUT2D eigenvalue weighted by Gasteiger charge is 2.52. The Hall–Kier alpha value is -2.83. The first-order chi connectivity index (χ1) is 21.3. The monoisotopic (exact) mass is 639 g/mol. The summed E-state index contributed by atoms with van der Waals surface area (Å²) < 4.78 is 51.2. The molecule has 5 rings (SSSR count). The lowest BCUT2D eigenvalue weighted by Gasteiger charge is -2.55. The quantitative estimate of drug-likeness (QED) is 0.397. The molecule has 4 saturated heterocycles. The maximum Gasteiger partial charge on any atom is 0.453 e. The number of piperidine rings is 3. The number of ether oxygens (including phenoxy) is 1. The standard InChI is InChI=1S/C32H48F3N5O5/c1-5-6-9-25-21-39(20-24-8-7-14-38(19-24)23(3)41)29(43)44-31(25)12-17-40(18-13-31)30(4)10-15-37(16-11-30)28(42)26-22(2)36-45-27(26)32(33,34)35/h24-25H,5-21H2,1-4H3/t24?,25-/m0/s1. The number of alkyl halides is 3. The second-order valence-corrected chi connectivity index (χ2v) is 13.9. The zero-order valence-corrected chi connectivity index (χ0v) is 27.1. The van der Waals surface area contributed by atoms with E-state index in [1.54, 1.807) is 6.92 Å². The highest BCUT2D eigenvalue weighted by atomic mass is 19.4. The zero-order valence-electron chi connectivity index (χ0n) is 27.1. The van der Waals surface area contributed by atoms with Gasteiger partial charge in [0.25, 0.3) is 11.7 Å². The van der Waals surface area contributed by atoms with Gasteiger partial charge >= 0.3 is 12.3 Å². The van der Waals surface area contributed by atoms with Crippen molar-refractivity contribution in [3.05, 3.63) is 17.0 Å². The predicted octanol–water partition coefficient (Wildman–Crippen LogP) is 5.35. The third-order valence-corrected chi connectivity index (χ3v) is 10.9. The molecule has 4 aliphatic rings. The highest BCUT2D eigenvalue weighted by molar-refractivity contribution is 5.96. The van der Waals surface area contributed by atoms with Crippen LogP contribution in [0, 0.1) is 18.8 Å². The molecule has 1 aromatic rings. The van der Waals surface area contributed by atoms with Crippen molar-refractivity contribution in [3.8, 4) is 0 Å². The van der Waals surface area contributed by atoms with Gasteiger partial charge in [-0.25, -0.2) is 4.79 Å². The van der Waals surface area contributed by atoms with Crippen LogP contribution in [0.3, 0.4) is 0 Å². The van der Waals surface area contributed by atoms with Gasteiger partial charge in [-0.05, 0) is 51.9 Å². The van der Waals surface area contributed by atoms with Gasteiger partial charge < -0.3 is 24.0 Å². The number of carbonyl (C=O) groups excluding carboxylic acids is 3. The molecule has 10 nitrogen and oxygen atoms in total. The molecule has 252 valence electrons. The van der Waals surface area contributed by atoms with Crippen LogP contribution in [0.2, 0.25) is 0 Å². The van der Waals surface area contributed by atoms with E-state index in [9.17, 15) is 27.6 Å². The number of unbranched alkanes of at least 4 members (excludes halogenated alkanes) is 1. The molecule has 13 heteroatoms. The van der Waals surface area contributed by atoms with Gasteiger partial charge in [0.1, 0.15) is 11.2 Å². The van der Waals surface area contributed by atoms with E-state index in [-0.39, 0.29) is 35.1 Å². The Morgan fingerprint density at radius 2 is 1.71 bits per heavy atom. The van der Waals surface area contributed by atoms with Crippen molar-refractivity contribution in [2.24, 2.45) is 11.8 Å². The van der Waals surface area contributed by atoms with E-state index in [2.05, 4.69) is 28.4 Å². The number of carbonyl (C=O) groups is 3. The Morgan fingerprint density at radius 3 is 2.33 bits per heavy atom. The molecule has 0 bridgehead atoms. The maximum atomic E-state index is 13.4. The van der Waals surface area contributed by atoms with E-state index in [4.69, 9.17) is 4.74 Å². The number of amides is 3. The molecular formula is C32H48F3N5O5. The van der Waals surface area contributed by atoms with E-state index >= 15 is 0 Å². The lowest BCUT2D eigenvalue weighted by Crippen LogP contribution is -2.64. The fraction of sp³-hybridized carbons (Fsp3) is 0.812. The minimum absolute atomic E-state index is 0.0583. The van der Waals surface area contributed by atoms with E-state index in [1.807, 2.05) is 9.80 Å². The molecule has 4 aliphatic heterocycles. The lowest BCUT2D eigenvalue weighted by atomic mass is 9.74. The van der Waals surface area contributed by atoms with Crippen molar-refractivity contribution in [2.75, 3.05) is 52.4 Å². The van der Waals surface area contributed by atoms with E-state index in [0.29, 0.717) is 45.6 Å². The Bertz CT molecular complexity index is 1240. The average Bonchev–Trinajstić information content (AvgIpc) is 3.40. The lowest BCUT2D eigenvalue weighted by molar-refractivity contribution is -0.156. The van der Waals surface area contributed by atoms with Crippen LogP contribution < -0.4 is 0 Å². The van der Waals surface area contributed by atoms with Crippen molar-refractivity contribution in [1.82, 2.24) is 24.8 Å². The summed E-state index contributed by atoms with van der Waals surface area (Å²) in [6.07, 6.45) is 2.74. The van der Waals surface area contributed by atoms with Crippen molar-refractivity contribution in [1.29, 1.82) is 0 Å². The Kier molecular flexibility index (Phi) is 9.77. The number of rotatable bonds is 7. The van der Waals surface area contributed by atoms with E-state index in [0.717, 1.165) is 64.6 Å². The summed E-state index contributed by atoms with van der Waals surface area (Å²) in [6.45, 7) is 12.2. The van der Waals surface area contributed by atoms with Gasteiger partial charge in [0, 0.05) is 83.6 Å². The number of halogens is 3. The van der Waals surface area contributed by atoms with Crippen LogP contribution >= 0.6 is 0 Å². The van der Waals surface area contributed by atoms with Crippen LogP contribution in [0.1, 0.15) is 100 Å². The Morgan fingerprint density at radius 1 is 1.02 bits per heavy atom. The van der Waals surface area contributed by atoms with Gasteiger partial charge in [-0.15, -0.1) is 0 Å². The second-order valence-electron chi connectivity index (χ2n) is 13.9. The smallest absolute Gasteiger partial charge is 0.442 e. The maximum absolute atomic E-state index is 13.4. The molecule has 0 aromatic carbocycles. The summed E-state index contributed by atoms with van der Waals surface area (Å²) in [5.41, 5.74) is -1.29. The predicted molar refractivity (Wildman–Crippen MR) is 159 cm³/mol. The summed E-state index contributed by atoms with van der Waals surface area (Å²) in [4.78, 5) is 46.1. The van der Waals surface area contributed by atoms with Crippen molar-refractivity contribution in [2.45, 2.75) is 103 Å². The SMILES string of the molecule is CCCC[C@H]1CN(CC2CCCN(C(C)=O)C2)C(=O)OC12CCN(C1(C)CCN(C(=O)c3c(C)noc3C(F)(F)F)CC1)CC2. The summed E-state index contributed by atoms with van der Waals surface area (Å²) in [5.74, 6) is -1.47. The van der Waals surface area contributed by atoms with Gasteiger partial charge in [0.05, 0.1) is 5.69 Å². The molecule has 0 N–H and O–H groups in total. The van der Waals surface area contributed by atoms with Crippen LogP contribution in [0.5, 0.6) is 0 Å². The topological polar surface area (TPSA) is 99.4 Å². The molecule has 3 amide bonds. The van der Waals surface area contributed by atoms with E-state index in [1.165, 1.54) is 11.8 Å². The average molecular weight is 640 g/mol. The van der Waals surface area contributed by atoms with Crippen LogP contribution in [0.25, 0.3) is 0 Å². The molecule has 1 unspecified atom stereocenters. The fourth-order valence-corrected chi connectivity index (χ4v) is 8.01. The molecule has 1 spiro atoms. The molecule has 1 aromatic heterocycles. The van der Waals surface area contributed by atoms with E-state index < -0.39 is 29.0 Å². The number of likely N-dealkylation sites (tertiary alicyclic amines) is 3. The molecule has 4 fully saturated rings. The number of hydrogen-bond donors (Lipinski definition) is 0. The Balaban J connectivity index is 1.20. The summed E-state index contributed by atoms with van der Waals surface area (Å²) >= 11 is 0. The number of hydrogen-bond acceptors (Lipinski definition) is 7. The zero-order chi connectivity index (χ0) is 32.6. The number of aromatic nitrogens is 1. The minimum atomic E-state index is -4.79. The van der Waals surface area contributed by atoms with Gasteiger partial charge in [-0.3, -0.25) is 14.5 Å². The largest absolute Gasteiger partial charge is 0.453 e. The number of nitrogens with zero attached hydrogens (tertiary/aromatic N) is 5. The fourth-order valence-electron chi connectivity index (χ4n) is 8.01. The van der Waals surface area contributed by atoms with Gasteiger partial charge in [0.15, 0.2) is 0 Å². The first kappa shape index (κ1) is 33.5. The highest BCUT2D eigenvalue weighted by Crippen LogP contribution is 2.44. The summed E-state index contributed by atoms with van der Waals surface area (Å²) in [5, 5.41) is 3.41. The summed E-state index contributed by atoms with van der Waals surface area (Å²) in [7, 11) is 0. The van der Waals surface area contributed by atoms with Crippen LogP contribution in [-0.4, -0.2) is 106 Å². The van der Waals surface area contributed by atoms with Crippen LogP contribution in [-0.2, 0) is 15.7 Å². The van der Waals surface area contributed by atoms with Crippen molar-refractivity contribution in [3.63, 3.8) is 0 Å². The molecule has 0 saturated carbocycles. The van der Waals surface area contributed by atoms with Gasteiger partial charge in [0.2, 0.25) is 5.91 Å². The molecule has 0 radical (unpaired) electrons. The normalized spacial score (nSPS) is 25.8.